The third-order valence-electron chi connectivity index (χ3n) is 6.00. The van der Waals surface area contributed by atoms with E-state index in [0.717, 1.165) is 18.2 Å². The SMILES string of the molecule is CC(=O)Nc1ccc2c(O)c(N=Nc3ccc4cc(S(=O)(=O)O)cc(S(=O)(=O)CCOS(=O)(=O)O)c4c3)c(S(=O)(=O)[O-])cc2c1.[Na+]. The van der Waals surface area contributed by atoms with Gasteiger partial charge in [-0.2, -0.15) is 21.9 Å². The van der Waals surface area contributed by atoms with Crippen molar-refractivity contribution in [3.8, 4) is 5.75 Å². The number of carbonyl (C=O) groups is 1. The Hall–Kier alpha value is -3.09. The summed E-state index contributed by atoms with van der Waals surface area (Å²) in [6.45, 7) is 0.174. The van der Waals surface area contributed by atoms with Crippen LogP contribution in [0.4, 0.5) is 17.1 Å². The maximum atomic E-state index is 13.1. The van der Waals surface area contributed by atoms with Crippen molar-refractivity contribution in [2.24, 2.45) is 10.2 Å². The van der Waals surface area contributed by atoms with Crippen molar-refractivity contribution in [1.29, 1.82) is 0 Å². The van der Waals surface area contributed by atoms with Crippen LogP contribution in [0, 0.1) is 0 Å². The Kier molecular flexibility index (Phi) is 11.0. The van der Waals surface area contributed by atoms with Crippen LogP contribution in [0.15, 0.2) is 79.5 Å². The van der Waals surface area contributed by atoms with Crippen LogP contribution >= 0.6 is 0 Å². The Morgan fingerprint density at radius 3 is 2.11 bits per heavy atom. The molecule has 0 bridgehead atoms. The Morgan fingerprint density at radius 1 is 0.848 bits per heavy atom. The summed E-state index contributed by atoms with van der Waals surface area (Å²) in [6.07, 6.45) is 0. The molecule has 0 aliphatic heterocycles. The Morgan fingerprint density at radius 2 is 1.52 bits per heavy atom. The molecule has 240 valence electrons. The number of hydrogen-bond donors (Lipinski definition) is 4. The molecule has 4 N–H and O–H groups in total. The second-order valence-electron chi connectivity index (χ2n) is 9.21. The quantitative estimate of drug-likeness (QED) is 0.0938. The fraction of sp³-hybridized carbons (Fsp3) is 0.125. The number of nitrogens with one attached hydrogen (secondary N) is 1. The van der Waals surface area contributed by atoms with Crippen LogP contribution in [0.5, 0.6) is 5.75 Å². The number of carbonyl (C=O) groups excluding carboxylic acids is 1. The van der Waals surface area contributed by atoms with Crippen molar-refractivity contribution in [3.63, 3.8) is 0 Å². The largest absolute Gasteiger partial charge is 1.00 e. The minimum atomic E-state index is -5.27. The van der Waals surface area contributed by atoms with E-state index < -0.39 is 84.9 Å². The monoisotopic (exact) mass is 725 g/mol. The zero-order valence-electron chi connectivity index (χ0n) is 23.5. The molecule has 1 amide bonds. The summed E-state index contributed by atoms with van der Waals surface area (Å²) in [4.78, 5) is 8.85. The third-order valence-corrected chi connectivity index (χ3v) is 9.85. The molecule has 0 aliphatic carbocycles. The van der Waals surface area contributed by atoms with Gasteiger partial charge >= 0.3 is 40.0 Å². The fourth-order valence-corrected chi connectivity index (χ4v) is 7.14. The average Bonchev–Trinajstić information content (AvgIpc) is 2.89. The van der Waals surface area contributed by atoms with Gasteiger partial charge in [-0.1, -0.05) is 6.07 Å². The molecule has 0 saturated heterocycles. The van der Waals surface area contributed by atoms with E-state index in [0.29, 0.717) is 6.07 Å². The maximum Gasteiger partial charge on any atom is 1.00 e. The second kappa shape index (κ2) is 13.6. The van der Waals surface area contributed by atoms with E-state index in [1.54, 1.807) is 0 Å². The van der Waals surface area contributed by atoms with Crippen LogP contribution in [0.2, 0.25) is 0 Å². The van der Waals surface area contributed by atoms with Gasteiger partial charge in [-0.05, 0) is 59.3 Å². The number of aromatic hydroxyl groups is 1. The number of benzene rings is 4. The average molecular weight is 726 g/mol. The first-order chi connectivity index (χ1) is 20.7. The van der Waals surface area contributed by atoms with E-state index in [1.165, 1.54) is 37.3 Å². The summed E-state index contributed by atoms with van der Waals surface area (Å²) in [7, 11) is -19.8. The molecule has 0 aliphatic rings. The van der Waals surface area contributed by atoms with Crippen LogP contribution < -0.4 is 34.9 Å². The van der Waals surface area contributed by atoms with Crippen molar-refractivity contribution >= 4 is 85.0 Å². The van der Waals surface area contributed by atoms with Crippen LogP contribution in [-0.2, 0) is 49.5 Å². The van der Waals surface area contributed by atoms with Gasteiger partial charge in [0.1, 0.15) is 15.8 Å². The summed E-state index contributed by atoms with van der Waals surface area (Å²) >= 11 is 0. The van der Waals surface area contributed by atoms with E-state index in [1.807, 2.05) is 0 Å². The van der Waals surface area contributed by atoms with E-state index in [4.69, 9.17) is 4.55 Å². The number of fused-ring (bicyclic) bond motifs is 2. The number of rotatable bonds is 10. The van der Waals surface area contributed by atoms with E-state index >= 15 is 0 Å². The topological polar surface area (TPSA) is 283 Å². The molecule has 0 aromatic heterocycles. The maximum absolute atomic E-state index is 13.1. The minimum absolute atomic E-state index is 0. The van der Waals surface area contributed by atoms with Crippen LogP contribution in [0.1, 0.15) is 6.92 Å². The number of azo groups is 1. The molecule has 0 saturated carbocycles. The summed E-state index contributed by atoms with van der Waals surface area (Å²) < 4.78 is 130. The number of amides is 1. The number of anilines is 1. The van der Waals surface area contributed by atoms with Crippen molar-refractivity contribution in [3.05, 3.63) is 54.6 Å². The molecule has 17 nitrogen and oxygen atoms in total. The van der Waals surface area contributed by atoms with Crippen LogP contribution in [-0.4, -0.2) is 70.7 Å². The smallest absolute Gasteiger partial charge is 0.744 e. The molecule has 4 rings (SSSR count). The zero-order valence-corrected chi connectivity index (χ0v) is 28.7. The third kappa shape index (κ3) is 8.83. The molecule has 0 heterocycles. The van der Waals surface area contributed by atoms with Crippen molar-refractivity contribution < 1.29 is 91.0 Å². The van der Waals surface area contributed by atoms with Crippen molar-refractivity contribution in [1.82, 2.24) is 0 Å². The Balaban J connectivity index is 0.00000576. The minimum Gasteiger partial charge on any atom is -0.744 e. The fourth-order valence-electron chi connectivity index (χ4n) is 4.14. The Labute approximate surface area is 284 Å². The second-order valence-corrected chi connectivity index (χ2v) is 15.2. The van der Waals surface area contributed by atoms with Gasteiger partial charge in [-0.25, -0.2) is 21.0 Å². The van der Waals surface area contributed by atoms with Gasteiger partial charge in [0, 0.05) is 23.4 Å². The van der Waals surface area contributed by atoms with Gasteiger partial charge in [-0.15, -0.1) is 5.11 Å². The normalized spacial score (nSPS) is 12.8. The molecule has 0 fully saturated rings. The molecular weight excluding hydrogens is 706 g/mol. The molecule has 0 radical (unpaired) electrons. The summed E-state index contributed by atoms with van der Waals surface area (Å²) in [6, 6.07) is 9.85. The Bertz CT molecular complexity index is 2360. The zero-order chi connectivity index (χ0) is 33.5. The number of nitrogens with zero attached hydrogens (tertiary/aromatic N) is 2. The first-order valence-electron chi connectivity index (χ1n) is 12.0. The predicted molar refractivity (Wildman–Crippen MR) is 155 cm³/mol. The number of phenolic OH excluding ortho intramolecular Hbond substituents is 1. The van der Waals surface area contributed by atoms with Gasteiger partial charge in [0.05, 0.1) is 32.7 Å². The molecule has 4 aromatic rings. The standard InChI is InChI=1S/C24H21N3O14S4.Na/c1-13(28)25-16-4-5-19-15(8-16)10-22(44(35,36)37)23(24(19)29)27-26-17-3-2-14-9-18(43(32,33)34)12-21(20(14)11-17)42(30,31)7-6-41-45(38,39)40;/h2-5,8-12,29H,6-7H2,1H3,(H,25,28)(H,32,33,34)(H,35,36,37)(H,38,39,40);/q;+1/p-1. The molecular formula is C24H20N3NaO14S4. The van der Waals surface area contributed by atoms with Crippen molar-refractivity contribution in [2.45, 2.75) is 21.6 Å². The summed E-state index contributed by atoms with van der Waals surface area (Å²) in [5.41, 5.74) is -0.717. The van der Waals surface area contributed by atoms with Gasteiger partial charge < -0.3 is 15.0 Å². The van der Waals surface area contributed by atoms with Crippen molar-refractivity contribution in [2.75, 3.05) is 17.7 Å². The van der Waals surface area contributed by atoms with Gasteiger partial charge in [0.2, 0.25) is 5.91 Å². The molecule has 0 unspecified atom stereocenters. The molecule has 4 aromatic carbocycles. The number of hydrogen-bond acceptors (Lipinski definition) is 14. The number of phenols is 1. The van der Waals surface area contributed by atoms with Crippen LogP contribution in [0.25, 0.3) is 21.5 Å². The van der Waals surface area contributed by atoms with E-state index in [9.17, 15) is 52.7 Å². The molecule has 0 spiro atoms. The predicted octanol–water partition coefficient (Wildman–Crippen LogP) is -0.180. The van der Waals surface area contributed by atoms with Gasteiger partial charge in [0.15, 0.2) is 15.6 Å². The molecule has 0 atom stereocenters. The van der Waals surface area contributed by atoms with Crippen LogP contribution in [0.3, 0.4) is 0 Å². The van der Waals surface area contributed by atoms with E-state index in [-0.39, 0.29) is 62.5 Å². The first-order valence-corrected chi connectivity index (χ1v) is 17.9. The summed E-state index contributed by atoms with van der Waals surface area (Å²) in [5.74, 6) is -2.27. The molecule has 46 heavy (non-hydrogen) atoms. The summed E-state index contributed by atoms with van der Waals surface area (Å²) in [5, 5.41) is 20.7. The first kappa shape index (κ1) is 37.4. The van der Waals surface area contributed by atoms with E-state index in [2.05, 4.69) is 19.7 Å². The molecule has 22 heteroatoms. The van der Waals surface area contributed by atoms with Gasteiger partial charge in [-0.3, -0.25) is 13.9 Å². The van der Waals surface area contributed by atoms with Gasteiger partial charge in [0.25, 0.3) is 10.1 Å². The number of sulfone groups is 1.